The molecular weight excluding hydrogens is 502 g/mol. The van der Waals surface area contributed by atoms with Crippen LogP contribution in [-0.4, -0.2) is 63.4 Å². The van der Waals surface area contributed by atoms with Gasteiger partial charge in [0.15, 0.2) is 5.82 Å². The van der Waals surface area contributed by atoms with E-state index in [0.29, 0.717) is 17.9 Å². The third kappa shape index (κ3) is 5.08. The average molecular weight is 536 g/mol. The van der Waals surface area contributed by atoms with E-state index < -0.39 is 6.04 Å². The molecule has 0 saturated carbocycles. The van der Waals surface area contributed by atoms with Gasteiger partial charge in [-0.1, -0.05) is 30.3 Å². The third-order valence-electron chi connectivity index (χ3n) is 7.88. The van der Waals surface area contributed by atoms with E-state index >= 15 is 0 Å². The number of ether oxygens (including phenoxy) is 1. The van der Waals surface area contributed by atoms with E-state index in [4.69, 9.17) is 4.74 Å². The van der Waals surface area contributed by atoms with Crippen molar-refractivity contribution in [1.29, 1.82) is 0 Å². The minimum absolute atomic E-state index is 0.120. The van der Waals surface area contributed by atoms with Crippen LogP contribution < -0.4 is 15.2 Å². The van der Waals surface area contributed by atoms with Crippen LogP contribution in [0.4, 0.5) is 5.69 Å². The predicted octanol–water partition coefficient (Wildman–Crippen LogP) is 4.10. The van der Waals surface area contributed by atoms with Crippen LogP contribution in [-0.2, 0) is 6.54 Å². The van der Waals surface area contributed by atoms with Gasteiger partial charge in [0.2, 0.25) is 0 Å². The zero-order chi connectivity index (χ0) is 27.6. The van der Waals surface area contributed by atoms with E-state index in [0.717, 1.165) is 54.0 Å². The monoisotopic (exact) mass is 535 g/mol. The number of hydrogen-bond donors (Lipinski definition) is 1. The van der Waals surface area contributed by atoms with Crippen molar-refractivity contribution >= 4 is 16.6 Å². The van der Waals surface area contributed by atoms with E-state index in [1.54, 1.807) is 11.8 Å². The van der Waals surface area contributed by atoms with Gasteiger partial charge in [0, 0.05) is 42.9 Å². The van der Waals surface area contributed by atoms with Gasteiger partial charge in [-0.15, -0.1) is 5.10 Å². The number of methoxy groups -OCH3 is 1. The molecule has 204 valence electrons. The molecule has 1 atom stereocenters. The van der Waals surface area contributed by atoms with Crippen molar-refractivity contribution in [3.8, 4) is 5.75 Å². The van der Waals surface area contributed by atoms with E-state index in [2.05, 4.69) is 74.5 Å². The Labute approximate surface area is 233 Å². The predicted molar refractivity (Wildman–Crippen MR) is 156 cm³/mol. The number of aromatic nitrogens is 5. The van der Waals surface area contributed by atoms with Crippen molar-refractivity contribution < 1.29 is 4.74 Å². The summed E-state index contributed by atoms with van der Waals surface area (Å²) in [5.41, 5.74) is 5.94. The molecule has 0 radical (unpaired) electrons. The summed E-state index contributed by atoms with van der Waals surface area (Å²) in [5, 5.41) is 13.9. The highest BCUT2D eigenvalue weighted by molar-refractivity contribution is 5.81. The first-order valence-electron chi connectivity index (χ1n) is 13.6. The Morgan fingerprint density at radius 2 is 1.65 bits per heavy atom. The largest absolute Gasteiger partial charge is 0.497 e. The lowest BCUT2D eigenvalue weighted by Crippen LogP contribution is -2.49. The molecule has 1 aliphatic rings. The van der Waals surface area contributed by atoms with Gasteiger partial charge in [-0.05, 0) is 88.8 Å². The van der Waals surface area contributed by atoms with Gasteiger partial charge in [0.25, 0.3) is 5.56 Å². The molecule has 1 saturated heterocycles. The van der Waals surface area contributed by atoms with Crippen molar-refractivity contribution in [2.45, 2.75) is 26.4 Å². The van der Waals surface area contributed by atoms with Crippen LogP contribution in [0.5, 0.6) is 5.75 Å². The molecule has 3 aromatic carbocycles. The molecule has 0 amide bonds. The van der Waals surface area contributed by atoms with Crippen LogP contribution >= 0.6 is 0 Å². The highest BCUT2D eigenvalue weighted by atomic mass is 16.5. The van der Waals surface area contributed by atoms with Gasteiger partial charge in [-0.25, -0.2) is 4.68 Å². The Morgan fingerprint density at radius 1 is 0.925 bits per heavy atom. The topological polar surface area (TPSA) is 92.2 Å². The Hall–Kier alpha value is -4.50. The van der Waals surface area contributed by atoms with Crippen molar-refractivity contribution in [1.82, 2.24) is 30.1 Å². The molecule has 9 nitrogen and oxygen atoms in total. The molecule has 0 aliphatic carbocycles. The molecule has 9 heteroatoms. The maximum atomic E-state index is 13.7. The Bertz CT molecular complexity index is 1670. The van der Waals surface area contributed by atoms with Gasteiger partial charge < -0.3 is 14.6 Å². The number of H-pyrrole nitrogens is 1. The number of tetrazole rings is 1. The lowest BCUT2D eigenvalue weighted by atomic mass is 10.00. The van der Waals surface area contributed by atoms with Crippen molar-refractivity contribution in [3.05, 3.63) is 111 Å². The standard InChI is InChI=1S/C31H33N7O2/c1-21-17-24-19-27(31(39)32-28(24)18-22(21)2)29(37-15-13-36(14-16-37)25-7-5-4-6-8-25)30-33-34-35-38(30)20-23-9-11-26(40-3)12-10-23/h4-12,17-19,29H,13-16,20H2,1-3H3,(H,32,39)/t29-/m0/s1. The third-order valence-corrected chi connectivity index (χ3v) is 7.88. The molecule has 6 rings (SSSR count). The van der Waals surface area contributed by atoms with Crippen LogP contribution in [0.25, 0.3) is 10.9 Å². The SMILES string of the molecule is COc1ccc(Cn2nnnc2[C@H](c2cc3cc(C)c(C)cc3[nH]c2=O)N2CCN(c3ccccc3)CC2)cc1. The number of piperazine rings is 1. The summed E-state index contributed by atoms with van der Waals surface area (Å²) in [6.45, 7) is 7.84. The normalized spacial score (nSPS) is 14.9. The minimum Gasteiger partial charge on any atom is -0.497 e. The average Bonchev–Trinajstić information content (AvgIpc) is 3.43. The number of fused-ring (bicyclic) bond motifs is 1. The first kappa shape index (κ1) is 25.8. The zero-order valence-corrected chi connectivity index (χ0v) is 23.0. The number of rotatable bonds is 7. The van der Waals surface area contributed by atoms with Crippen molar-refractivity contribution in [2.75, 3.05) is 38.2 Å². The summed E-state index contributed by atoms with van der Waals surface area (Å²) in [6.07, 6.45) is 0. The first-order chi connectivity index (χ1) is 19.5. The molecule has 1 N–H and O–H groups in total. The van der Waals surface area contributed by atoms with E-state index in [1.165, 1.54) is 11.3 Å². The van der Waals surface area contributed by atoms with Gasteiger partial charge in [-0.2, -0.15) is 0 Å². The second-order valence-electron chi connectivity index (χ2n) is 10.4. The number of para-hydroxylation sites is 1. The molecule has 1 fully saturated rings. The highest BCUT2D eigenvalue weighted by Crippen LogP contribution is 2.30. The Kier molecular flexibility index (Phi) is 7.04. The first-order valence-corrected chi connectivity index (χ1v) is 13.6. The summed E-state index contributed by atoms with van der Waals surface area (Å²) >= 11 is 0. The molecule has 0 spiro atoms. The summed E-state index contributed by atoms with van der Waals surface area (Å²) in [7, 11) is 1.65. The summed E-state index contributed by atoms with van der Waals surface area (Å²) in [6, 6.07) is 24.1. The highest BCUT2D eigenvalue weighted by Gasteiger charge is 2.33. The van der Waals surface area contributed by atoms with Gasteiger partial charge >= 0.3 is 0 Å². The molecule has 3 heterocycles. The fourth-order valence-electron chi connectivity index (χ4n) is 5.50. The Morgan fingerprint density at radius 3 is 2.38 bits per heavy atom. The number of aryl methyl sites for hydroxylation is 2. The molecule has 0 unspecified atom stereocenters. The van der Waals surface area contributed by atoms with Gasteiger partial charge in [0.1, 0.15) is 11.8 Å². The van der Waals surface area contributed by atoms with Crippen LogP contribution in [0.2, 0.25) is 0 Å². The zero-order valence-electron chi connectivity index (χ0n) is 23.0. The maximum Gasteiger partial charge on any atom is 0.253 e. The fraction of sp³-hybridized carbons (Fsp3) is 0.290. The Balaban J connectivity index is 1.39. The quantitative estimate of drug-likeness (QED) is 0.336. The van der Waals surface area contributed by atoms with E-state index in [9.17, 15) is 4.79 Å². The minimum atomic E-state index is -0.402. The maximum absolute atomic E-state index is 13.7. The number of hydrogen-bond acceptors (Lipinski definition) is 7. The van der Waals surface area contributed by atoms with Crippen molar-refractivity contribution in [3.63, 3.8) is 0 Å². The molecular formula is C31H33N7O2. The second-order valence-corrected chi connectivity index (χ2v) is 10.4. The summed E-state index contributed by atoms with van der Waals surface area (Å²) in [5.74, 6) is 1.45. The number of benzene rings is 3. The van der Waals surface area contributed by atoms with E-state index in [-0.39, 0.29) is 5.56 Å². The lowest BCUT2D eigenvalue weighted by molar-refractivity contribution is 0.200. The number of pyridine rings is 1. The molecule has 2 aromatic heterocycles. The van der Waals surface area contributed by atoms with Crippen LogP contribution in [0.15, 0.2) is 77.6 Å². The van der Waals surface area contributed by atoms with Crippen LogP contribution in [0.1, 0.15) is 34.1 Å². The number of nitrogens with one attached hydrogen (secondary N) is 1. The van der Waals surface area contributed by atoms with Gasteiger partial charge in [0.05, 0.1) is 13.7 Å². The lowest BCUT2D eigenvalue weighted by Gasteiger charge is -2.39. The fourth-order valence-corrected chi connectivity index (χ4v) is 5.50. The smallest absolute Gasteiger partial charge is 0.253 e. The number of nitrogens with zero attached hydrogens (tertiary/aromatic N) is 6. The van der Waals surface area contributed by atoms with Crippen molar-refractivity contribution in [2.24, 2.45) is 0 Å². The van der Waals surface area contributed by atoms with E-state index in [1.807, 2.05) is 42.5 Å². The summed E-state index contributed by atoms with van der Waals surface area (Å²) < 4.78 is 7.12. The molecule has 40 heavy (non-hydrogen) atoms. The van der Waals surface area contributed by atoms with Gasteiger partial charge in [-0.3, -0.25) is 9.69 Å². The van der Waals surface area contributed by atoms with Crippen LogP contribution in [0, 0.1) is 13.8 Å². The molecule has 0 bridgehead atoms. The van der Waals surface area contributed by atoms with Crippen LogP contribution in [0.3, 0.4) is 0 Å². The second kappa shape index (κ2) is 10.9. The number of aromatic amines is 1. The summed E-state index contributed by atoms with van der Waals surface area (Å²) in [4.78, 5) is 21.5. The molecule has 1 aliphatic heterocycles. The molecule has 5 aromatic rings. The number of anilines is 1.